The average Bonchev–Trinajstić information content (AvgIpc) is 2.26. The van der Waals surface area contributed by atoms with Crippen LogP contribution in [0.15, 0.2) is 24.3 Å². The molecule has 4 nitrogen and oxygen atoms in total. The molecule has 0 heterocycles. The Kier molecular flexibility index (Phi) is 4.01. The van der Waals surface area contributed by atoms with Gasteiger partial charge in [-0.2, -0.15) is 0 Å². The molecule has 0 atom stereocenters. The molecule has 0 aliphatic heterocycles. The Bertz CT molecular complexity index is 374. The molecule has 0 saturated heterocycles. The van der Waals surface area contributed by atoms with Crippen molar-refractivity contribution in [3.8, 4) is 0 Å². The topological polar surface area (TPSA) is 52.4 Å². The van der Waals surface area contributed by atoms with Crippen molar-refractivity contribution in [2.75, 3.05) is 13.2 Å². The highest BCUT2D eigenvalue weighted by Gasteiger charge is 2.28. The van der Waals surface area contributed by atoms with Crippen LogP contribution in [0.3, 0.4) is 0 Å². The molecule has 0 N–H and O–H groups in total. The van der Waals surface area contributed by atoms with Crippen molar-refractivity contribution in [3.63, 3.8) is 0 Å². The maximum Gasteiger partial charge on any atom is 0.273 e. The number of para-hydroxylation sites is 1. The third kappa shape index (κ3) is 2.79. The Morgan fingerprint density at radius 1 is 1.38 bits per heavy atom. The van der Waals surface area contributed by atoms with E-state index in [2.05, 4.69) is 0 Å². The number of ether oxygens (including phenoxy) is 1. The number of hydrogen-bond acceptors (Lipinski definition) is 3. The fourth-order valence-electron chi connectivity index (χ4n) is 1.64. The van der Waals surface area contributed by atoms with Crippen molar-refractivity contribution in [2.45, 2.75) is 26.2 Å². The van der Waals surface area contributed by atoms with E-state index in [-0.39, 0.29) is 16.0 Å². The number of rotatable bonds is 5. The summed E-state index contributed by atoms with van der Waals surface area (Å²) in [4.78, 5) is 10.6. The van der Waals surface area contributed by atoms with Gasteiger partial charge in [-0.1, -0.05) is 32.0 Å². The van der Waals surface area contributed by atoms with Crippen LogP contribution in [0.25, 0.3) is 0 Å². The normalized spacial score (nSPS) is 11.4. The van der Waals surface area contributed by atoms with E-state index in [4.69, 9.17) is 4.74 Å². The zero-order chi connectivity index (χ0) is 12.2. The van der Waals surface area contributed by atoms with E-state index < -0.39 is 0 Å². The molecule has 1 aromatic rings. The van der Waals surface area contributed by atoms with Crippen LogP contribution in [0.4, 0.5) is 5.69 Å². The Morgan fingerprint density at radius 2 is 2.00 bits per heavy atom. The molecule has 0 saturated carbocycles. The monoisotopic (exact) mass is 223 g/mol. The summed E-state index contributed by atoms with van der Waals surface area (Å²) in [7, 11) is 0. The molecule has 4 heteroatoms. The van der Waals surface area contributed by atoms with Crippen LogP contribution < -0.4 is 0 Å². The van der Waals surface area contributed by atoms with Gasteiger partial charge >= 0.3 is 0 Å². The van der Waals surface area contributed by atoms with E-state index in [0.29, 0.717) is 18.8 Å². The maximum atomic E-state index is 10.9. The maximum absolute atomic E-state index is 10.9. The third-order valence-electron chi connectivity index (χ3n) is 2.50. The quantitative estimate of drug-likeness (QED) is 0.569. The summed E-state index contributed by atoms with van der Waals surface area (Å²) in [5.74, 6) is 0. The molecule has 88 valence electrons. The molecule has 1 rings (SSSR count). The zero-order valence-corrected chi connectivity index (χ0v) is 9.90. The summed E-state index contributed by atoms with van der Waals surface area (Å²) in [6.45, 7) is 6.91. The number of hydrogen-bond donors (Lipinski definition) is 0. The summed E-state index contributed by atoms with van der Waals surface area (Å²) in [5, 5.41) is 10.9. The van der Waals surface area contributed by atoms with Gasteiger partial charge in [0.1, 0.15) is 0 Å². The van der Waals surface area contributed by atoms with E-state index in [9.17, 15) is 10.1 Å². The van der Waals surface area contributed by atoms with Gasteiger partial charge in [-0.3, -0.25) is 10.1 Å². The van der Waals surface area contributed by atoms with Gasteiger partial charge < -0.3 is 4.74 Å². The van der Waals surface area contributed by atoms with Crippen molar-refractivity contribution in [1.82, 2.24) is 0 Å². The molecule has 0 radical (unpaired) electrons. The Morgan fingerprint density at radius 3 is 2.56 bits per heavy atom. The lowest BCUT2D eigenvalue weighted by atomic mass is 9.84. The predicted molar refractivity (Wildman–Crippen MR) is 62.6 cm³/mol. The summed E-state index contributed by atoms with van der Waals surface area (Å²) < 4.78 is 5.36. The molecule has 0 aliphatic carbocycles. The lowest BCUT2D eigenvalue weighted by Crippen LogP contribution is -2.25. The van der Waals surface area contributed by atoms with E-state index in [1.807, 2.05) is 26.8 Å². The summed E-state index contributed by atoms with van der Waals surface area (Å²) in [6.07, 6.45) is 0. The SMILES string of the molecule is CCOCC(C)(C)c1ccccc1[N+](=O)[O-]. The van der Waals surface area contributed by atoms with Gasteiger partial charge in [-0.05, 0) is 6.92 Å². The average molecular weight is 223 g/mol. The summed E-state index contributed by atoms with van der Waals surface area (Å²) in [5.41, 5.74) is 0.528. The smallest absolute Gasteiger partial charge is 0.273 e. The highest BCUT2D eigenvalue weighted by molar-refractivity contribution is 5.44. The van der Waals surface area contributed by atoms with Gasteiger partial charge in [0.05, 0.1) is 11.5 Å². The van der Waals surface area contributed by atoms with Crippen molar-refractivity contribution >= 4 is 5.69 Å². The minimum Gasteiger partial charge on any atom is -0.381 e. The largest absolute Gasteiger partial charge is 0.381 e. The highest BCUT2D eigenvalue weighted by Crippen LogP contribution is 2.31. The lowest BCUT2D eigenvalue weighted by Gasteiger charge is -2.24. The lowest BCUT2D eigenvalue weighted by molar-refractivity contribution is -0.386. The molecule has 0 fully saturated rings. The van der Waals surface area contributed by atoms with Gasteiger partial charge in [-0.15, -0.1) is 0 Å². The first-order chi connectivity index (χ1) is 7.49. The van der Waals surface area contributed by atoms with E-state index in [0.717, 1.165) is 0 Å². The minimum atomic E-state index is -0.348. The molecule has 0 aromatic heterocycles. The van der Waals surface area contributed by atoms with Crippen LogP contribution in [0.5, 0.6) is 0 Å². The molecule has 0 amide bonds. The second-order valence-corrected chi connectivity index (χ2v) is 4.30. The standard InChI is InChI=1S/C12H17NO3/c1-4-16-9-12(2,3)10-7-5-6-8-11(10)13(14)15/h5-8H,4,9H2,1-3H3. The summed E-state index contributed by atoms with van der Waals surface area (Å²) >= 11 is 0. The van der Waals surface area contributed by atoms with Crippen molar-refractivity contribution in [1.29, 1.82) is 0 Å². The second kappa shape index (κ2) is 5.07. The van der Waals surface area contributed by atoms with E-state index in [1.54, 1.807) is 12.1 Å². The molecular formula is C12H17NO3. The van der Waals surface area contributed by atoms with Crippen LogP contribution in [-0.4, -0.2) is 18.1 Å². The molecule has 0 spiro atoms. The fraction of sp³-hybridized carbons (Fsp3) is 0.500. The van der Waals surface area contributed by atoms with Crippen LogP contribution in [0.1, 0.15) is 26.3 Å². The second-order valence-electron chi connectivity index (χ2n) is 4.30. The van der Waals surface area contributed by atoms with Crippen LogP contribution in [0, 0.1) is 10.1 Å². The van der Waals surface area contributed by atoms with Gasteiger partial charge in [0.15, 0.2) is 0 Å². The Balaban J connectivity index is 3.06. The first kappa shape index (κ1) is 12.6. The van der Waals surface area contributed by atoms with Crippen molar-refractivity contribution in [2.24, 2.45) is 0 Å². The van der Waals surface area contributed by atoms with Gasteiger partial charge in [0.25, 0.3) is 5.69 Å². The molecular weight excluding hydrogens is 206 g/mol. The zero-order valence-electron chi connectivity index (χ0n) is 9.90. The molecule has 0 bridgehead atoms. The van der Waals surface area contributed by atoms with Gasteiger partial charge in [-0.25, -0.2) is 0 Å². The molecule has 16 heavy (non-hydrogen) atoms. The first-order valence-electron chi connectivity index (χ1n) is 5.30. The minimum absolute atomic E-state index is 0.159. The van der Waals surface area contributed by atoms with Crippen molar-refractivity contribution in [3.05, 3.63) is 39.9 Å². The van der Waals surface area contributed by atoms with E-state index in [1.165, 1.54) is 6.07 Å². The fourth-order valence-corrected chi connectivity index (χ4v) is 1.64. The molecule has 0 unspecified atom stereocenters. The van der Waals surface area contributed by atoms with Crippen LogP contribution in [-0.2, 0) is 10.2 Å². The van der Waals surface area contributed by atoms with Crippen molar-refractivity contribution < 1.29 is 9.66 Å². The first-order valence-corrected chi connectivity index (χ1v) is 5.30. The number of nitrogens with zero attached hydrogens (tertiary/aromatic N) is 1. The molecule has 0 aliphatic rings. The predicted octanol–water partition coefficient (Wildman–Crippen LogP) is 2.91. The third-order valence-corrected chi connectivity index (χ3v) is 2.50. The molecule has 1 aromatic carbocycles. The Labute approximate surface area is 95.4 Å². The van der Waals surface area contributed by atoms with Gasteiger partial charge in [0, 0.05) is 23.7 Å². The van der Waals surface area contributed by atoms with E-state index >= 15 is 0 Å². The number of nitro benzene ring substituents is 1. The highest BCUT2D eigenvalue weighted by atomic mass is 16.6. The number of benzene rings is 1. The van der Waals surface area contributed by atoms with Crippen LogP contribution >= 0.6 is 0 Å². The van der Waals surface area contributed by atoms with Crippen LogP contribution in [0.2, 0.25) is 0 Å². The van der Waals surface area contributed by atoms with Gasteiger partial charge in [0.2, 0.25) is 0 Å². The Hall–Kier alpha value is -1.42. The number of nitro groups is 1. The summed E-state index contributed by atoms with van der Waals surface area (Å²) in [6, 6.07) is 6.81.